The van der Waals surface area contributed by atoms with E-state index in [0.29, 0.717) is 5.75 Å². The molecule has 3 nitrogen and oxygen atoms in total. The minimum Gasteiger partial charge on any atom is -0.490 e. The molecule has 118 valence electrons. The predicted octanol–water partition coefficient (Wildman–Crippen LogP) is 3.83. The Morgan fingerprint density at radius 3 is 2.81 bits per heavy atom. The van der Waals surface area contributed by atoms with E-state index in [0.717, 1.165) is 37.8 Å². The van der Waals surface area contributed by atoms with Crippen molar-refractivity contribution < 1.29 is 13.9 Å². The Bertz CT molecular complexity index is 452. The molecule has 4 heteroatoms. The predicted molar refractivity (Wildman–Crippen MR) is 82.2 cm³/mol. The second-order valence-corrected chi connectivity index (χ2v) is 5.73. The van der Waals surface area contributed by atoms with Crippen molar-refractivity contribution in [2.75, 3.05) is 13.7 Å². The monoisotopic (exact) mass is 295 g/mol. The van der Waals surface area contributed by atoms with Gasteiger partial charge in [0.1, 0.15) is 17.7 Å². The van der Waals surface area contributed by atoms with Crippen LogP contribution >= 0.6 is 0 Å². The van der Waals surface area contributed by atoms with Crippen molar-refractivity contribution in [2.24, 2.45) is 0 Å². The first-order valence-corrected chi connectivity index (χ1v) is 7.86. The van der Waals surface area contributed by atoms with Gasteiger partial charge in [0.05, 0.1) is 6.10 Å². The molecule has 1 aromatic rings. The normalized spacial score (nSPS) is 23.8. The van der Waals surface area contributed by atoms with Gasteiger partial charge >= 0.3 is 0 Å². The topological polar surface area (TPSA) is 30.5 Å². The third-order valence-corrected chi connectivity index (χ3v) is 4.16. The van der Waals surface area contributed by atoms with E-state index < -0.39 is 0 Å². The summed E-state index contributed by atoms with van der Waals surface area (Å²) in [6.07, 6.45) is 4.43. The first-order valence-electron chi connectivity index (χ1n) is 7.86. The molecule has 1 aliphatic carbocycles. The van der Waals surface area contributed by atoms with Gasteiger partial charge in [0.25, 0.3) is 0 Å². The highest BCUT2D eigenvalue weighted by Crippen LogP contribution is 2.31. The maximum Gasteiger partial charge on any atom is 0.127 e. The standard InChI is InChI=1S/C17H26FNO2/c1-4-19-12(2)16-9-8-13(18)10-17(16)21-15-7-5-6-14(11-15)20-3/h8-10,12,14-15,19H,4-7,11H2,1-3H3. The van der Waals surface area contributed by atoms with Crippen LogP contribution in [0.2, 0.25) is 0 Å². The maximum atomic E-state index is 13.6. The lowest BCUT2D eigenvalue weighted by molar-refractivity contribution is 0.0204. The van der Waals surface area contributed by atoms with E-state index in [1.54, 1.807) is 7.11 Å². The summed E-state index contributed by atoms with van der Waals surface area (Å²) in [7, 11) is 1.74. The molecule has 0 saturated heterocycles. The number of ether oxygens (including phenoxy) is 2. The Morgan fingerprint density at radius 2 is 2.10 bits per heavy atom. The molecule has 3 atom stereocenters. The van der Waals surface area contributed by atoms with Gasteiger partial charge in [-0.2, -0.15) is 0 Å². The van der Waals surface area contributed by atoms with E-state index in [-0.39, 0.29) is 24.1 Å². The quantitative estimate of drug-likeness (QED) is 0.865. The molecule has 2 rings (SSSR count). The van der Waals surface area contributed by atoms with Gasteiger partial charge in [-0.15, -0.1) is 0 Å². The Hall–Kier alpha value is -1.13. The van der Waals surface area contributed by atoms with Crippen LogP contribution in [0, 0.1) is 5.82 Å². The number of methoxy groups -OCH3 is 1. The second kappa shape index (κ2) is 7.76. The van der Waals surface area contributed by atoms with Crippen molar-refractivity contribution in [2.45, 2.75) is 57.8 Å². The van der Waals surface area contributed by atoms with Crippen molar-refractivity contribution in [3.8, 4) is 5.75 Å². The van der Waals surface area contributed by atoms with Gasteiger partial charge in [0.2, 0.25) is 0 Å². The van der Waals surface area contributed by atoms with E-state index in [1.165, 1.54) is 12.1 Å². The fraction of sp³-hybridized carbons (Fsp3) is 0.647. The molecule has 0 amide bonds. The van der Waals surface area contributed by atoms with Gasteiger partial charge in [-0.05, 0) is 38.8 Å². The Kier molecular flexibility index (Phi) is 6.00. The SMILES string of the molecule is CCNC(C)c1ccc(F)cc1OC1CCCC(OC)C1. The molecule has 3 unspecified atom stereocenters. The molecule has 0 heterocycles. The molecule has 0 aromatic heterocycles. The summed E-state index contributed by atoms with van der Waals surface area (Å²) >= 11 is 0. The van der Waals surface area contributed by atoms with E-state index >= 15 is 0 Å². The smallest absolute Gasteiger partial charge is 0.127 e. The van der Waals surface area contributed by atoms with E-state index in [4.69, 9.17) is 9.47 Å². The Balaban J connectivity index is 2.12. The highest BCUT2D eigenvalue weighted by Gasteiger charge is 2.24. The van der Waals surface area contributed by atoms with Gasteiger partial charge in [0, 0.05) is 31.2 Å². The van der Waals surface area contributed by atoms with Gasteiger partial charge in [0.15, 0.2) is 0 Å². The summed E-state index contributed by atoms with van der Waals surface area (Å²) in [5.41, 5.74) is 1.01. The zero-order chi connectivity index (χ0) is 15.2. The maximum absolute atomic E-state index is 13.6. The van der Waals surface area contributed by atoms with Crippen LogP contribution in [-0.4, -0.2) is 25.9 Å². The van der Waals surface area contributed by atoms with Gasteiger partial charge in [-0.1, -0.05) is 13.0 Å². The highest BCUT2D eigenvalue weighted by molar-refractivity contribution is 5.36. The van der Waals surface area contributed by atoms with Crippen LogP contribution in [-0.2, 0) is 4.74 Å². The molecule has 0 radical (unpaired) electrons. The lowest BCUT2D eigenvalue weighted by Crippen LogP contribution is -2.30. The van der Waals surface area contributed by atoms with Gasteiger partial charge in [-0.25, -0.2) is 4.39 Å². The first-order chi connectivity index (χ1) is 10.1. The van der Waals surface area contributed by atoms with Crippen LogP contribution in [0.4, 0.5) is 4.39 Å². The molecule has 21 heavy (non-hydrogen) atoms. The molecule has 0 bridgehead atoms. The molecular formula is C17H26FNO2. The van der Waals surface area contributed by atoms with Crippen molar-refractivity contribution in [3.63, 3.8) is 0 Å². The van der Waals surface area contributed by atoms with Crippen LogP contribution in [0.1, 0.15) is 51.1 Å². The molecule has 1 aliphatic rings. The van der Waals surface area contributed by atoms with Crippen molar-refractivity contribution in [3.05, 3.63) is 29.6 Å². The largest absolute Gasteiger partial charge is 0.490 e. The molecular weight excluding hydrogens is 269 g/mol. The summed E-state index contributed by atoms with van der Waals surface area (Å²) in [4.78, 5) is 0. The van der Waals surface area contributed by atoms with E-state index in [2.05, 4.69) is 19.2 Å². The summed E-state index contributed by atoms with van der Waals surface area (Å²) < 4.78 is 25.1. The lowest BCUT2D eigenvalue weighted by Gasteiger charge is -2.30. The average Bonchev–Trinajstić information content (AvgIpc) is 2.48. The van der Waals surface area contributed by atoms with E-state index in [1.807, 2.05) is 6.07 Å². The molecule has 1 aromatic carbocycles. The molecule has 0 spiro atoms. The number of rotatable bonds is 6. The average molecular weight is 295 g/mol. The number of benzene rings is 1. The number of hydrogen-bond acceptors (Lipinski definition) is 3. The van der Waals surface area contributed by atoms with Crippen molar-refractivity contribution in [1.82, 2.24) is 5.32 Å². The van der Waals surface area contributed by atoms with Crippen LogP contribution in [0.25, 0.3) is 0 Å². The summed E-state index contributed by atoms with van der Waals surface area (Å²) in [5.74, 6) is 0.404. The Morgan fingerprint density at radius 1 is 1.33 bits per heavy atom. The zero-order valence-corrected chi connectivity index (χ0v) is 13.2. The first kappa shape index (κ1) is 16.2. The third-order valence-electron chi connectivity index (χ3n) is 4.16. The minimum absolute atomic E-state index is 0.109. The fourth-order valence-corrected chi connectivity index (χ4v) is 2.99. The van der Waals surface area contributed by atoms with Crippen molar-refractivity contribution in [1.29, 1.82) is 0 Å². The number of halogens is 1. The molecule has 1 fully saturated rings. The molecule has 1 saturated carbocycles. The number of nitrogens with one attached hydrogen (secondary N) is 1. The lowest BCUT2D eigenvalue weighted by atomic mass is 9.94. The van der Waals surface area contributed by atoms with Gasteiger partial charge < -0.3 is 14.8 Å². The van der Waals surface area contributed by atoms with Crippen LogP contribution in [0.15, 0.2) is 18.2 Å². The van der Waals surface area contributed by atoms with Crippen molar-refractivity contribution >= 4 is 0 Å². The summed E-state index contributed by atoms with van der Waals surface area (Å²) in [5, 5.41) is 3.35. The van der Waals surface area contributed by atoms with Gasteiger partial charge in [-0.3, -0.25) is 0 Å². The highest BCUT2D eigenvalue weighted by atomic mass is 19.1. The van der Waals surface area contributed by atoms with Crippen LogP contribution in [0.3, 0.4) is 0 Å². The molecule has 0 aliphatic heterocycles. The summed E-state index contributed by atoms with van der Waals surface area (Å²) in [6, 6.07) is 4.95. The Labute approximate surface area is 126 Å². The fourth-order valence-electron chi connectivity index (χ4n) is 2.99. The second-order valence-electron chi connectivity index (χ2n) is 5.73. The molecule has 1 N–H and O–H groups in total. The minimum atomic E-state index is -0.253. The zero-order valence-electron chi connectivity index (χ0n) is 13.2. The van der Waals surface area contributed by atoms with E-state index in [9.17, 15) is 4.39 Å². The van der Waals surface area contributed by atoms with Crippen LogP contribution in [0.5, 0.6) is 5.75 Å². The number of hydrogen-bond donors (Lipinski definition) is 1. The third kappa shape index (κ3) is 4.42. The van der Waals surface area contributed by atoms with Crippen LogP contribution < -0.4 is 10.1 Å². The summed E-state index contributed by atoms with van der Waals surface area (Å²) in [6.45, 7) is 5.00.